The molecule has 0 saturated carbocycles. The van der Waals surface area contributed by atoms with Crippen LogP contribution < -0.4 is 14.8 Å². The first-order valence-corrected chi connectivity index (χ1v) is 10.2. The molecule has 0 unspecified atom stereocenters. The number of amides is 1. The molecule has 0 bridgehead atoms. The van der Waals surface area contributed by atoms with Crippen molar-refractivity contribution in [3.8, 4) is 17.2 Å². The van der Waals surface area contributed by atoms with Crippen LogP contribution in [0, 0.1) is 0 Å². The van der Waals surface area contributed by atoms with E-state index in [0.29, 0.717) is 23.1 Å². The number of hydrogen-bond acceptors (Lipinski definition) is 4. The second kappa shape index (κ2) is 8.03. The summed E-state index contributed by atoms with van der Waals surface area (Å²) in [5, 5.41) is 8.41. The molecule has 2 aromatic carbocycles. The Morgan fingerprint density at radius 1 is 1.13 bits per heavy atom. The number of hydrogen-bond donors (Lipinski definition) is 1. The molecular formula is C23H24ClN3O3. The Kier molecular flexibility index (Phi) is 5.43. The van der Waals surface area contributed by atoms with E-state index in [9.17, 15) is 4.79 Å². The zero-order valence-corrected chi connectivity index (χ0v) is 18.0. The standard InChI is InChI=1S/C23H24ClN3O3/c1-23(2,3)21-12-18(27(26-21)17-6-4-5-16(24)11-17)13-25-22(28)10-15-7-8-19-20(9-15)30-14-29-19/h4-9,11-12H,10,13-14H2,1-3H3,(H,25,28). The van der Waals surface area contributed by atoms with Crippen molar-refractivity contribution in [2.45, 2.75) is 39.2 Å². The minimum absolute atomic E-state index is 0.0787. The molecule has 1 amide bonds. The Labute approximate surface area is 180 Å². The molecule has 4 rings (SSSR count). The van der Waals surface area contributed by atoms with Crippen LogP contribution in [0.5, 0.6) is 11.5 Å². The molecule has 30 heavy (non-hydrogen) atoms. The second-order valence-electron chi connectivity index (χ2n) is 8.30. The highest BCUT2D eigenvalue weighted by Crippen LogP contribution is 2.32. The fourth-order valence-corrected chi connectivity index (χ4v) is 3.42. The minimum atomic E-state index is -0.116. The van der Waals surface area contributed by atoms with E-state index in [0.717, 1.165) is 22.6 Å². The van der Waals surface area contributed by atoms with E-state index in [2.05, 4.69) is 26.1 Å². The van der Waals surface area contributed by atoms with Crippen molar-refractivity contribution < 1.29 is 14.3 Å². The number of carbonyl (C=O) groups is 1. The SMILES string of the molecule is CC(C)(C)c1cc(CNC(=O)Cc2ccc3c(c2)OCO3)n(-c2cccc(Cl)c2)n1. The van der Waals surface area contributed by atoms with Gasteiger partial charge in [0.2, 0.25) is 12.7 Å². The first-order chi connectivity index (χ1) is 14.3. The molecule has 0 aliphatic carbocycles. The van der Waals surface area contributed by atoms with Gasteiger partial charge >= 0.3 is 0 Å². The maximum absolute atomic E-state index is 12.6. The lowest BCUT2D eigenvalue weighted by molar-refractivity contribution is -0.120. The van der Waals surface area contributed by atoms with Crippen molar-refractivity contribution in [1.82, 2.24) is 15.1 Å². The lowest BCUT2D eigenvalue weighted by Crippen LogP contribution is -2.25. The number of nitrogens with one attached hydrogen (secondary N) is 1. The highest BCUT2D eigenvalue weighted by Gasteiger charge is 2.21. The summed E-state index contributed by atoms with van der Waals surface area (Å²) >= 11 is 6.17. The number of ether oxygens (including phenoxy) is 2. The number of benzene rings is 2. The molecule has 0 saturated heterocycles. The van der Waals surface area contributed by atoms with Crippen LogP contribution in [0.1, 0.15) is 37.7 Å². The monoisotopic (exact) mass is 425 g/mol. The molecule has 0 radical (unpaired) electrons. The van der Waals surface area contributed by atoms with Crippen molar-refractivity contribution in [2.24, 2.45) is 0 Å². The first-order valence-electron chi connectivity index (χ1n) is 9.80. The largest absolute Gasteiger partial charge is 0.454 e. The van der Waals surface area contributed by atoms with Crippen molar-refractivity contribution in [3.63, 3.8) is 0 Å². The van der Waals surface area contributed by atoms with Gasteiger partial charge in [-0.05, 0) is 42.0 Å². The summed E-state index contributed by atoms with van der Waals surface area (Å²) in [7, 11) is 0. The Hall–Kier alpha value is -2.99. The van der Waals surface area contributed by atoms with E-state index in [4.69, 9.17) is 26.2 Å². The lowest BCUT2D eigenvalue weighted by Gasteiger charge is -2.14. The van der Waals surface area contributed by atoms with Crippen LogP contribution in [-0.2, 0) is 23.2 Å². The van der Waals surface area contributed by atoms with Gasteiger partial charge in [-0.25, -0.2) is 4.68 Å². The van der Waals surface area contributed by atoms with Crippen LogP contribution in [0.25, 0.3) is 5.69 Å². The summed E-state index contributed by atoms with van der Waals surface area (Å²) in [6.07, 6.45) is 0.258. The Bertz CT molecular complexity index is 1090. The van der Waals surface area contributed by atoms with Crippen LogP contribution in [0.15, 0.2) is 48.5 Å². The Morgan fingerprint density at radius 2 is 1.93 bits per heavy atom. The number of fused-ring (bicyclic) bond motifs is 1. The van der Waals surface area contributed by atoms with Gasteiger partial charge in [-0.1, -0.05) is 44.5 Å². The third-order valence-electron chi connectivity index (χ3n) is 4.87. The topological polar surface area (TPSA) is 65.4 Å². The van der Waals surface area contributed by atoms with E-state index < -0.39 is 0 Å². The predicted octanol–water partition coefficient (Wildman–Crippen LogP) is 4.41. The highest BCUT2D eigenvalue weighted by molar-refractivity contribution is 6.30. The predicted molar refractivity (Wildman–Crippen MR) is 115 cm³/mol. The van der Waals surface area contributed by atoms with Gasteiger partial charge in [0, 0.05) is 10.4 Å². The molecule has 1 aromatic heterocycles. The number of nitrogens with zero attached hydrogens (tertiary/aromatic N) is 2. The van der Waals surface area contributed by atoms with E-state index in [1.165, 1.54) is 0 Å². The molecule has 0 fully saturated rings. The zero-order chi connectivity index (χ0) is 21.3. The van der Waals surface area contributed by atoms with Crippen LogP contribution in [-0.4, -0.2) is 22.5 Å². The maximum Gasteiger partial charge on any atom is 0.231 e. The summed E-state index contributed by atoms with van der Waals surface area (Å²) in [4.78, 5) is 12.6. The molecule has 6 nitrogen and oxygen atoms in total. The van der Waals surface area contributed by atoms with Crippen molar-refractivity contribution in [3.05, 3.63) is 70.5 Å². The van der Waals surface area contributed by atoms with Gasteiger partial charge in [0.25, 0.3) is 0 Å². The van der Waals surface area contributed by atoms with E-state index in [1.54, 1.807) is 0 Å². The molecule has 1 aliphatic heterocycles. The smallest absolute Gasteiger partial charge is 0.231 e. The Morgan fingerprint density at radius 3 is 2.70 bits per heavy atom. The normalized spacial score (nSPS) is 12.8. The average Bonchev–Trinajstić information content (AvgIpc) is 3.32. The molecule has 2 heterocycles. The third-order valence-corrected chi connectivity index (χ3v) is 5.11. The average molecular weight is 426 g/mol. The summed E-state index contributed by atoms with van der Waals surface area (Å²) < 4.78 is 12.5. The zero-order valence-electron chi connectivity index (χ0n) is 17.2. The molecule has 1 aliphatic rings. The van der Waals surface area contributed by atoms with Gasteiger partial charge in [-0.15, -0.1) is 0 Å². The number of rotatable bonds is 5. The first kappa shape index (κ1) is 20.3. The summed E-state index contributed by atoms with van der Waals surface area (Å²) in [6, 6.07) is 15.1. The van der Waals surface area contributed by atoms with Gasteiger partial charge in [-0.2, -0.15) is 5.10 Å². The molecule has 156 valence electrons. The van der Waals surface area contributed by atoms with Gasteiger partial charge in [0.15, 0.2) is 11.5 Å². The molecule has 0 spiro atoms. The van der Waals surface area contributed by atoms with Gasteiger partial charge in [0.05, 0.1) is 30.0 Å². The van der Waals surface area contributed by atoms with Crippen molar-refractivity contribution in [1.29, 1.82) is 0 Å². The van der Waals surface area contributed by atoms with Crippen LogP contribution in [0.4, 0.5) is 0 Å². The Balaban J connectivity index is 1.50. The van der Waals surface area contributed by atoms with E-state index >= 15 is 0 Å². The third kappa shape index (κ3) is 4.44. The number of aromatic nitrogens is 2. The molecular weight excluding hydrogens is 402 g/mol. The van der Waals surface area contributed by atoms with Crippen LogP contribution in [0.3, 0.4) is 0 Å². The van der Waals surface area contributed by atoms with Crippen LogP contribution >= 0.6 is 11.6 Å². The van der Waals surface area contributed by atoms with E-state index in [-0.39, 0.29) is 24.5 Å². The number of carbonyl (C=O) groups excluding carboxylic acids is 1. The summed E-state index contributed by atoms with van der Waals surface area (Å²) in [5.74, 6) is 1.30. The molecule has 3 aromatic rings. The van der Waals surface area contributed by atoms with Gasteiger partial charge in [-0.3, -0.25) is 4.79 Å². The van der Waals surface area contributed by atoms with Gasteiger partial charge in [0.1, 0.15) is 0 Å². The minimum Gasteiger partial charge on any atom is -0.454 e. The molecule has 7 heteroatoms. The quantitative estimate of drug-likeness (QED) is 0.657. The maximum atomic E-state index is 12.6. The van der Waals surface area contributed by atoms with Crippen LogP contribution in [0.2, 0.25) is 5.02 Å². The highest BCUT2D eigenvalue weighted by atomic mass is 35.5. The van der Waals surface area contributed by atoms with Crippen molar-refractivity contribution in [2.75, 3.05) is 6.79 Å². The fourth-order valence-electron chi connectivity index (χ4n) is 3.23. The van der Waals surface area contributed by atoms with E-state index in [1.807, 2.05) is 53.2 Å². The van der Waals surface area contributed by atoms with Gasteiger partial charge < -0.3 is 14.8 Å². The molecule has 0 atom stereocenters. The lowest BCUT2D eigenvalue weighted by atomic mass is 9.92. The number of halogens is 1. The fraction of sp³-hybridized carbons (Fsp3) is 0.304. The second-order valence-corrected chi connectivity index (χ2v) is 8.74. The van der Waals surface area contributed by atoms with Crippen molar-refractivity contribution >= 4 is 17.5 Å². The summed E-state index contributed by atoms with van der Waals surface area (Å²) in [6.45, 7) is 6.91. The summed E-state index contributed by atoms with van der Waals surface area (Å²) in [5.41, 5.74) is 3.45. The molecule has 1 N–H and O–H groups in total.